The van der Waals surface area contributed by atoms with E-state index in [0.717, 1.165) is 0 Å². The van der Waals surface area contributed by atoms with Gasteiger partial charge in [-0.2, -0.15) is 0 Å². The Kier molecular flexibility index (Phi) is 3.50. The Bertz CT molecular complexity index is 949. The summed E-state index contributed by atoms with van der Waals surface area (Å²) in [5.41, 5.74) is 1.51. The van der Waals surface area contributed by atoms with E-state index in [2.05, 4.69) is 10.3 Å². The van der Waals surface area contributed by atoms with E-state index in [0.29, 0.717) is 34.2 Å². The second-order valence-corrected chi connectivity index (χ2v) is 5.27. The molecule has 0 bridgehead atoms. The minimum Gasteiger partial charge on any atom is -0.497 e. The maximum atomic E-state index is 11.6. The molecule has 0 saturated heterocycles. The summed E-state index contributed by atoms with van der Waals surface area (Å²) in [5, 5.41) is 17.3. The first-order valence-electron chi connectivity index (χ1n) is 7.41. The molecule has 8 nitrogen and oxygen atoms in total. The number of aromatic nitrogens is 3. The minimum atomic E-state index is -1.15. The molecule has 2 heterocycles. The Morgan fingerprint density at radius 3 is 2.64 bits per heavy atom. The Hall–Kier alpha value is -3.55. The first-order valence-corrected chi connectivity index (χ1v) is 7.41. The number of benzene rings is 2. The van der Waals surface area contributed by atoms with Crippen LogP contribution in [0.25, 0.3) is 16.9 Å². The van der Waals surface area contributed by atoms with Gasteiger partial charge in [0.25, 0.3) is 0 Å². The van der Waals surface area contributed by atoms with Gasteiger partial charge in [-0.1, -0.05) is 5.21 Å². The average molecular weight is 339 g/mol. The van der Waals surface area contributed by atoms with Crippen LogP contribution in [0.4, 0.5) is 0 Å². The summed E-state index contributed by atoms with van der Waals surface area (Å²) in [5.74, 6) is 0.722. The second-order valence-electron chi connectivity index (χ2n) is 5.27. The monoisotopic (exact) mass is 339 g/mol. The standard InChI is InChI=1S/C17H13N3O5/c1-23-12-5-2-10(3-6-12)16-15(17(21)22)18-19-20(16)11-4-7-13-14(8-11)25-9-24-13/h2-8H,9H2,1H3,(H,21,22). The molecule has 1 aliphatic heterocycles. The Labute approximate surface area is 142 Å². The zero-order valence-electron chi connectivity index (χ0n) is 13.2. The van der Waals surface area contributed by atoms with E-state index in [4.69, 9.17) is 14.2 Å². The van der Waals surface area contributed by atoms with Gasteiger partial charge in [0.2, 0.25) is 6.79 Å². The molecule has 2 aromatic carbocycles. The lowest BCUT2D eigenvalue weighted by Gasteiger charge is -2.09. The van der Waals surface area contributed by atoms with Crippen LogP contribution in [0.15, 0.2) is 42.5 Å². The first kappa shape index (κ1) is 15.0. The first-order chi connectivity index (χ1) is 12.2. The van der Waals surface area contributed by atoms with Gasteiger partial charge in [-0.05, 0) is 36.4 Å². The highest BCUT2D eigenvalue weighted by Gasteiger charge is 2.23. The number of carbonyl (C=O) groups is 1. The van der Waals surface area contributed by atoms with Gasteiger partial charge in [-0.15, -0.1) is 5.10 Å². The van der Waals surface area contributed by atoms with Crippen LogP contribution >= 0.6 is 0 Å². The third-order valence-corrected chi connectivity index (χ3v) is 3.84. The predicted molar refractivity (Wildman–Crippen MR) is 86.4 cm³/mol. The summed E-state index contributed by atoms with van der Waals surface area (Å²) >= 11 is 0. The number of hydrogen-bond donors (Lipinski definition) is 1. The highest BCUT2D eigenvalue weighted by atomic mass is 16.7. The largest absolute Gasteiger partial charge is 0.497 e. The number of hydrogen-bond acceptors (Lipinski definition) is 6. The Morgan fingerprint density at radius 2 is 1.92 bits per heavy atom. The summed E-state index contributed by atoms with van der Waals surface area (Å²) in [7, 11) is 1.57. The van der Waals surface area contributed by atoms with Crippen molar-refractivity contribution in [2.75, 3.05) is 13.9 Å². The van der Waals surface area contributed by atoms with Crippen molar-refractivity contribution in [2.45, 2.75) is 0 Å². The highest BCUT2D eigenvalue weighted by molar-refractivity contribution is 5.93. The van der Waals surface area contributed by atoms with E-state index in [1.807, 2.05) is 0 Å². The molecule has 0 spiro atoms. The van der Waals surface area contributed by atoms with E-state index < -0.39 is 5.97 Å². The van der Waals surface area contributed by atoms with Crippen molar-refractivity contribution in [1.29, 1.82) is 0 Å². The number of aromatic carboxylic acids is 1. The molecule has 4 rings (SSSR count). The van der Waals surface area contributed by atoms with E-state index in [-0.39, 0.29) is 12.5 Å². The number of ether oxygens (including phenoxy) is 3. The van der Waals surface area contributed by atoms with Gasteiger partial charge < -0.3 is 19.3 Å². The van der Waals surface area contributed by atoms with Crippen LogP contribution in [-0.4, -0.2) is 40.0 Å². The quantitative estimate of drug-likeness (QED) is 0.779. The molecule has 0 unspecified atom stereocenters. The zero-order chi connectivity index (χ0) is 17.4. The fourth-order valence-corrected chi connectivity index (χ4v) is 2.63. The van der Waals surface area contributed by atoms with Crippen molar-refractivity contribution in [1.82, 2.24) is 15.0 Å². The molecule has 126 valence electrons. The van der Waals surface area contributed by atoms with Gasteiger partial charge in [0, 0.05) is 11.6 Å². The lowest BCUT2D eigenvalue weighted by molar-refractivity contribution is 0.0691. The number of methoxy groups -OCH3 is 1. The number of carboxylic acids is 1. The molecule has 0 fully saturated rings. The fourth-order valence-electron chi connectivity index (χ4n) is 2.63. The van der Waals surface area contributed by atoms with E-state index in [1.54, 1.807) is 49.6 Å². The van der Waals surface area contributed by atoms with Crippen molar-refractivity contribution in [3.8, 4) is 34.2 Å². The molecule has 8 heteroatoms. The number of rotatable bonds is 4. The van der Waals surface area contributed by atoms with Crippen molar-refractivity contribution >= 4 is 5.97 Å². The molecule has 0 radical (unpaired) electrons. The van der Waals surface area contributed by atoms with E-state index >= 15 is 0 Å². The normalized spacial score (nSPS) is 12.2. The maximum Gasteiger partial charge on any atom is 0.358 e. The number of nitrogens with zero attached hydrogens (tertiary/aromatic N) is 3. The lowest BCUT2D eigenvalue weighted by atomic mass is 10.1. The highest BCUT2D eigenvalue weighted by Crippen LogP contribution is 2.35. The average Bonchev–Trinajstić information content (AvgIpc) is 3.27. The molecule has 1 N–H and O–H groups in total. The zero-order valence-corrected chi connectivity index (χ0v) is 13.2. The van der Waals surface area contributed by atoms with Crippen molar-refractivity contribution in [3.05, 3.63) is 48.2 Å². The van der Waals surface area contributed by atoms with Crippen LogP contribution in [0.2, 0.25) is 0 Å². The molecule has 3 aromatic rings. The van der Waals surface area contributed by atoms with E-state index in [9.17, 15) is 9.90 Å². The molecule has 0 atom stereocenters. The molecular formula is C17H13N3O5. The van der Waals surface area contributed by atoms with Crippen LogP contribution in [0.3, 0.4) is 0 Å². The maximum absolute atomic E-state index is 11.6. The summed E-state index contributed by atoms with van der Waals surface area (Å²) in [6, 6.07) is 12.3. The van der Waals surface area contributed by atoms with Gasteiger partial charge in [0.1, 0.15) is 11.4 Å². The fraction of sp³-hybridized carbons (Fsp3) is 0.118. The molecule has 0 aliphatic carbocycles. The number of carboxylic acid groups (broad SMARTS) is 1. The SMILES string of the molecule is COc1ccc(-c2c(C(=O)O)nnn2-c2ccc3c(c2)OCO3)cc1. The summed E-state index contributed by atoms with van der Waals surface area (Å²) < 4.78 is 17.3. The van der Waals surface area contributed by atoms with Crippen LogP contribution in [0.1, 0.15) is 10.5 Å². The molecular weight excluding hydrogens is 326 g/mol. The molecule has 0 amide bonds. The lowest BCUT2D eigenvalue weighted by Crippen LogP contribution is -2.03. The van der Waals surface area contributed by atoms with Gasteiger partial charge in [0.05, 0.1) is 12.8 Å². The Balaban J connectivity index is 1.87. The summed E-state index contributed by atoms with van der Waals surface area (Å²) in [6.45, 7) is 0.155. The van der Waals surface area contributed by atoms with Gasteiger partial charge in [-0.3, -0.25) is 0 Å². The topological polar surface area (TPSA) is 95.7 Å². The molecule has 1 aliphatic rings. The van der Waals surface area contributed by atoms with Crippen LogP contribution < -0.4 is 14.2 Å². The summed E-state index contributed by atoms with van der Waals surface area (Å²) in [6.07, 6.45) is 0. The van der Waals surface area contributed by atoms with Crippen LogP contribution in [0.5, 0.6) is 17.2 Å². The third kappa shape index (κ3) is 2.53. The smallest absolute Gasteiger partial charge is 0.358 e. The van der Waals surface area contributed by atoms with E-state index in [1.165, 1.54) is 4.68 Å². The molecule has 25 heavy (non-hydrogen) atoms. The van der Waals surface area contributed by atoms with Gasteiger partial charge in [0.15, 0.2) is 17.2 Å². The summed E-state index contributed by atoms with van der Waals surface area (Å²) in [4.78, 5) is 11.6. The van der Waals surface area contributed by atoms with Gasteiger partial charge >= 0.3 is 5.97 Å². The van der Waals surface area contributed by atoms with Crippen LogP contribution in [-0.2, 0) is 0 Å². The molecule has 0 saturated carbocycles. The predicted octanol–water partition coefficient (Wildman–Crippen LogP) is 2.37. The van der Waals surface area contributed by atoms with Crippen molar-refractivity contribution in [2.24, 2.45) is 0 Å². The minimum absolute atomic E-state index is 0.136. The number of fused-ring (bicyclic) bond motifs is 1. The molecule has 1 aromatic heterocycles. The Morgan fingerprint density at radius 1 is 1.16 bits per heavy atom. The van der Waals surface area contributed by atoms with Crippen molar-refractivity contribution in [3.63, 3.8) is 0 Å². The van der Waals surface area contributed by atoms with Crippen LogP contribution in [0, 0.1) is 0 Å². The third-order valence-electron chi connectivity index (χ3n) is 3.84. The second kappa shape index (κ2) is 5.82. The van der Waals surface area contributed by atoms with Gasteiger partial charge in [-0.25, -0.2) is 9.48 Å². The van der Waals surface area contributed by atoms with Crippen molar-refractivity contribution < 1.29 is 24.1 Å².